The molecule has 2 amide bonds. The largest absolute Gasteiger partial charge is 0.335 e. The Morgan fingerprint density at radius 2 is 2.25 bits per heavy atom. The van der Waals surface area contributed by atoms with E-state index in [2.05, 4.69) is 20.7 Å². The van der Waals surface area contributed by atoms with E-state index in [0.717, 1.165) is 6.42 Å². The Labute approximate surface area is 116 Å². The number of nitrogens with two attached hydrogens (primary N) is 1. The zero-order chi connectivity index (χ0) is 14.7. The zero-order valence-corrected chi connectivity index (χ0v) is 11.5. The maximum atomic E-state index is 11.7. The first-order valence-corrected chi connectivity index (χ1v) is 6.50. The molecule has 8 heteroatoms. The van der Waals surface area contributed by atoms with Crippen molar-refractivity contribution in [2.45, 2.75) is 32.7 Å². The number of amides is 2. The van der Waals surface area contributed by atoms with Crippen LogP contribution in [0.2, 0.25) is 0 Å². The zero-order valence-electron chi connectivity index (χ0n) is 11.5. The van der Waals surface area contributed by atoms with Crippen molar-refractivity contribution in [3.8, 4) is 0 Å². The van der Waals surface area contributed by atoms with E-state index in [0.29, 0.717) is 23.9 Å². The molecule has 0 aromatic carbocycles. The summed E-state index contributed by atoms with van der Waals surface area (Å²) in [5, 5.41) is 2.29. The molecule has 1 fully saturated rings. The number of carbonyl (C=O) groups excluding carboxylic acids is 2. The number of nitrogen functional groups attached to an aromatic ring is 1. The van der Waals surface area contributed by atoms with Crippen LogP contribution in [0.3, 0.4) is 0 Å². The maximum Gasteiger partial charge on any atom is 0.249 e. The Bertz CT molecular complexity index is 533. The minimum atomic E-state index is -0.470. The minimum Gasteiger partial charge on any atom is -0.335 e. The second-order valence-electron chi connectivity index (χ2n) is 4.64. The number of nitrogens with zero attached hydrogens (tertiary/aromatic N) is 3. The Morgan fingerprint density at radius 1 is 1.50 bits per heavy atom. The predicted octanol–water partition coefficient (Wildman–Crippen LogP) is -0.434. The van der Waals surface area contributed by atoms with Gasteiger partial charge in [-0.1, -0.05) is 6.92 Å². The van der Waals surface area contributed by atoms with Crippen LogP contribution >= 0.6 is 0 Å². The van der Waals surface area contributed by atoms with Gasteiger partial charge in [-0.25, -0.2) is 15.8 Å². The lowest BCUT2D eigenvalue weighted by molar-refractivity contribution is -0.132. The van der Waals surface area contributed by atoms with Gasteiger partial charge in [-0.2, -0.15) is 0 Å². The molecule has 1 aromatic heterocycles. The summed E-state index contributed by atoms with van der Waals surface area (Å²) in [7, 11) is 0. The molecular weight excluding hydrogens is 260 g/mol. The SMILES string of the molecule is CCCc1nc(NN)cc(N2CC(=O)NC(=O)C2C)n1. The van der Waals surface area contributed by atoms with Gasteiger partial charge in [0.15, 0.2) is 0 Å². The molecule has 108 valence electrons. The van der Waals surface area contributed by atoms with Crippen LogP contribution in [-0.2, 0) is 16.0 Å². The molecule has 1 aliphatic heterocycles. The highest BCUT2D eigenvalue weighted by molar-refractivity contribution is 6.04. The van der Waals surface area contributed by atoms with E-state index in [1.54, 1.807) is 17.9 Å². The number of anilines is 2. The van der Waals surface area contributed by atoms with E-state index in [1.807, 2.05) is 6.92 Å². The van der Waals surface area contributed by atoms with Gasteiger partial charge in [0.2, 0.25) is 11.8 Å². The van der Waals surface area contributed by atoms with Gasteiger partial charge < -0.3 is 10.3 Å². The fourth-order valence-corrected chi connectivity index (χ4v) is 2.03. The summed E-state index contributed by atoms with van der Waals surface area (Å²) in [6.07, 6.45) is 1.59. The van der Waals surface area contributed by atoms with Gasteiger partial charge >= 0.3 is 0 Å². The van der Waals surface area contributed by atoms with E-state index in [-0.39, 0.29) is 18.4 Å². The number of aromatic nitrogens is 2. The smallest absolute Gasteiger partial charge is 0.249 e. The van der Waals surface area contributed by atoms with Crippen LogP contribution in [0.25, 0.3) is 0 Å². The van der Waals surface area contributed by atoms with Gasteiger partial charge in [0.25, 0.3) is 0 Å². The first kappa shape index (κ1) is 14.2. The van der Waals surface area contributed by atoms with Crippen LogP contribution in [0.5, 0.6) is 0 Å². The Morgan fingerprint density at radius 3 is 2.90 bits per heavy atom. The monoisotopic (exact) mass is 278 g/mol. The first-order chi connectivity index (χ1) is 9.55. The molecule has 1 aromatic rings. The summed E-state index contributed by atoms with van der Waals surface area (Å²) in [5.74, 6) is 6.33. The molecule has 0 radical (unpaired) electrons. The number of nitrogens with one attached hydrogen (secondary N) is 2. The number of rotatable bonds is 4. The van der Waals surface area contributed by atoms with Crippen molar-refractivity contribution in [1.82, 2.24) is 15.3 Å². The lowest BCUT2D eigenvalue weighted by atomic mass is 10.2. The second kappa shape index (κ2) is 5.83. The molecule has 1 unspecified atom stereocenters. The maximum absolute atomic E-state index is 11.7. The fourth-order valence-electron chi connectivity index (χ4n) is 2.03. The molecule has 2 heterocycles. The highest BCUT2D eigenvalue weighted by Crippen LogP contribution is 2.20. The highest BCUT2D eigenvalue weighted by Gasteiger charge is 2.31. The third-order valence-electron chi connectivity index (χ3n) is 3.10. The second-order valence-corrected chi connectivity index (χ2v) is 4.64. The molecule has 20 heavy (non-hydrogen) atoms. The molecule has 1 aliphatic rings. The average molecular weight is 278 g/mol. The van der Waals surface area contributed by atoms with Crippen LogP contribution in [-0.4, -0.2) is 34.4 Å². The molecule has 1 saturated heterocycles. The van der Waals surface area contributed by atoms with Gasteiger partial charge in [-0.05, 0) is 13.3 Å². The van der Waals surface area contributed by atoms with Crippen LogP contribution in [0.15, 0.2) is 6.07 Å². The van der Waals surface area contributed by atoms with E-state index in [4.69, 9.17) is 5.84 Å². The number of hydrazine groups is 1. The van der Waals surface area contributed by atoms with Crippen molar-refractivity contribution in [2.75, 3.05) is 16.9 Å². The van der Waals surface area contributed by atoms with Gasteiger partial charge in [0.05, 0.1) is 6.54 Å². The molecule has 0 saturated carbocycles. The van der Waals surface area contributed by atoms with Crippen molar-refractivity contribution in [1.29, 1.82) is 0 Å². The molecule has 0 aliphatic carbocycles. The summed E-state index contributed by atoms with van der Waals surface area (Å²) in [6.45, 7) is 3.82. The van der Waals surface area contributed by atoms with Crippen molar-refractivity contribution in [3.05, 3.63) is 11.9 Å². The Hall–Kier alpha value is -2.22. The van der Waals surface area contributed by atoms with Crippen LogP contribution in [0.1, 0.15) is 26.1 Å². The molecule has 4 N–H and O–H groups in total. The quantitative estimate of drug-likeness (QED) is 0.389. The highest BCUT2D eigenvalue weighted by atomic mass is 16.2. The summed E-state index contributed by atoms with van der Waals surface area (Å²) in [4.78, 5) is 33.5. The molecular formula is C12H18N6O2. The molecule has 0 bridgehead atoms. The summed E-state index contributed by atoms with van der Waals surface area (Å²) in [6, 6.07) is 1.16. The number of aryl methyl sites for hydroxylation is 1. The molecule has 1 atom stereocenters. The van der Waals surface area contributed by atoms with Gasteiger partial charge in [-0.3, -0.25) is 14.9 Å². The number of hydrogen-bond donors (Lipinski definition) is 3. The predicted molar refractivity (Wildman–Crippen MR) is 73.8 cm³/mol. The van der Waals surface area contributed by atoms with E-state index >= 15 is 0 Å². The summed E-state index contributed by atoms with van der Waals surface area (Å²) in [5.41, 5.74) is 2.48. The Kier molecular flexibility index (Phi) is 4.14. The molecule has 0 spiro atoms. The standard InChI is InChI=1S/C12H18N6O2/c1-3-4-8-14-9(17-13)5-10(15-8)18-6-11(19)16-12(20)7(18)2/h5,7H,3-4,6,13H2,1-2H3,(H,14,15,17)(H,16,19,20). The number of hydrogen-bond acceptors (Lipinski definition) is 7. The summed E-state index contributed by atoms with van der Waals surface area (Å²) >= 11 is 0. The third kappa shape index (κ3) is 2.85. The summed E-state index contributed by atoms with van der Waals surface area (Å²) < 4.78 is 0. The van der Waals surface area contributed by atoms with E-state index in [1.165, 1.54) is 0 Å². The van der Waals surface area contributed by atoms with Gasteiger partial charge in [0, 0.05) is 12.5 Å². The van der Waals surface area contributed by atoms with Crippen molar-refractivity contribution in [3.63, 3.8) is 0 Å². The van der Waals surface area contributed by atoms with Crippen LogP contribution in [0, 0.1) is 0 Å². The Balaban J connectivity index is 2.36. The van der Waals surface area contributed by atoms with Crippen LogP contribution < -0.4 is 21.5 Å². The number of piperazine rings is 1. The molecule has 8 nitrogen and oxygen atoms in total. The normalized spacial score (nSPS) is 18.9. The first-order valence-electron chi connectivity index (χ1n) is 6.50. The van der Waals surface area contributed by atoms with E-state index in [9.17, 15) is 9.59 Å². The van der Waals surface area contributed by atoms with Gasteiger partial charge in [-0.15, -0.1) is 0 Å². The molecule has 2 rings (SSSR count). The van der Waals surface area contributed by atoms with Crippen molar-refractivity contribution >= 4 is 23.5 Å². The minimum absolute atomic E-state index is 0.0828. The third-order valence-corrected chi connectivity index (χ3v) is 3.10. The number of carbonyl (C=O) groups is 2. The number of imide groups is 1. The van der Waals surface area contributed by atoms with Crippen molar-refractivity contribution < 1.29 is 9.59 Å². The fraction of sp³-hybridized carbons (Fsp3) is 0.500. The van der Waals surface area contributed by atoms with Gasteiger partial charge in [0.1, 0.15) is 23.5 Å². The van der Waals surface area contributed by atoms with Crippen molar-refractivity contribution in [2.24, 2.45) is 5.84 Å². The lowest BCUT2D eigenvalue weighted by Crippen LogP contribution is -2.57. The van der Waals surface area contributed by atoms with Crippen LogP contribution in [0.4, 0.5) is 11.6 Å². The van der Waals surface area contributed by atoms with E-state index < -0.39 is 6.04 Å². The lowest BCUT2D eigenvalue weighted by Gasteiger charge is -2.32. The average Bonchev–Trinajstić information content (AvgIpc) is 2.42. The topological polar surface area (TPSA) is 113 Å².